The minimum atomic E-state index is -4.05. The molecule has 1 amide bonds. The molecule has 1 fully saturated rings. The average Bonchev–Trinajstić information content (AvgIpc) is 3.16. The van der Waals surface area contributed by atoms with Crippen molar-refractivity contribution in [2.45, 2.75) is 17.9 Å². The van der Waals surface area contributed by atoms with Gasteiger partial charge in [-0.25, -0.2) is 13.6 Å². The maximum absolute atomic E-state index is 12.5. The number of amides is 1. The molecule has 0 radical (unpaired) electrons. The van der Waals surface area contributed by atoms with Crippen molar-refractivity contribution >= 4 is 44.1 Å². The maximum Gasteiger partial charge on any atom is 0.238 e. The highest BCUT2D eigenvalue weighted by Crippen LogP contribution is 2.27. The molecule has 0 saturated carbocycles. The number of rotatable bonds is 7. The van der Waals surface area contributed by atoms with Crippen molar-refractivity contribution in [2.24, 2.45) is 5.14 Å². The van der Waals surface area contributed by atoms with E-state index in [4.69, 9.17) is 21.5 Å². The molecule has 0 aliphatic carbocycles. The van der Waals surface area contributed by atoms with E-state index in [0.29, 0.717) is 47.8 Å². The third-order valence-corrected chi connectivity index (χ3v) is 6.67. The van der Waals surface area contributed by atoms with Gasteiger partial charge in [0, 0.05) is 41.1 Å². The number of morpholine rings is 1. The van der Waals surface area contributed by atoms with Crippen molar-refractivity contribution in [3.63, 3.8) is 0 Å². The largest absolute Gasteiger partial charge is 0.373 e. The Bertz CT molecular complexity index is 1320. The average molecular weight is 490 g/mol. The Morgan fingerprint density at radius 1 is 1.27 bits per heavy atom. The van der Waals surface area contributed by atoms with Gasteiger partial charge in [0.05, 0.1) is 36.6 Å². The summed E-state index contributed by atoms with van der Waals surface area (Å²) < 4.78 is 31.5. The van der Waals surface area contributed by atoms with Crippen molar-refractivity contribution in [3.05, 3.63) is 65.5 Å². The number of carbonyl (C=O) groups is 1. The fourth-order valence-corrected chi connectivity index (χ4v) is 4.65. The third-order valence-electron chi connectivity index (χ3n) is 5.35. The summed E-state index contributed by atoms with van der Waals surface area (Å²) >= 11 is 6.13. The number of benzene rings is 2. The van der Waals surface area contributed by atoms with Crippen LogP contribution in [-0.2, 0) is 32.5 Å². The lowest BCUT2D eigenvalue weighted by atomic mass is 10.1. The van der Waals surface area contributed by atoms with Gasteiger partial charge in [0.1, 0.15) is 0 Å². The molecule has 1 aliphatic rings. The Morgan fingerprint density at radius 3 is 2.79 bits per heavy atom. The van der Waals surface area contributed by atoms with Crippen LogP contribution in [0.2, 0.25) is 5.02 Å². The molecule has 0 atom stereocenters. The number of aromatic nitrogens is 2. The first-order chi connectivity index (χ1) is 15.7. The van der Waals surface area contributed by atoms with Crippen LogP contribution in [0.15, 0.2) is 59.8 Å². The number of hydrogen-bond donors (Lipinski definition) is 2. The Kier molecular flexibility index (Phi) is 6.71. The second-order valence-electron chi connectivity index (χ2n) is 7.77. The van der Waals surface area contributed by atoms with Gasteiger partial charge in [-0.3, -0.25) is 9.48 Å². The van der Waals surface area contributed by atoms with Crippen LogP contribution in [0.1, 0.15) is 5.56 Å². The zero-order valence-electron chi connectivity index (χ0n) is 17.8. The molecule has 0 unspecified atom stereocenters. The van der Waals surface area contributed by atoms with E-state index >= 15 is 0 Å². The quantitative estimate of drug-likeness (QED) is 0.525. The lowest BCUT2D eigenvalue weighted by Crippen LogP contribution is -2.36. The highest BCUT2D eigenvalue weighted by molar-refractivity contribution is 7.89. The number of carbonyl (C=O) groups excluding carboxylic acids is 1. The van der Waals surface area contributed by atoms with E-state index in [1.165, 1.54) is 6.07 Å². The highest BCUT2D eigenvalue weighted by atomic mass is 35.5. The summed E-state index contributed by atoms with van der Waals surface area (Å²) in [6.07, 6.45) is 1.69. The van der Waals surface area contributed by atoms with Gasteiger partial charge in [-0.1, -0.05) is 36.4 Å². The van der Waals surface area contributed by atoms with E-state index in [0.717, 1.165) is 12.2 Å². The Labute approximate surface area is 196 Å². The molecule has 3 aromatic rings. The van der Waals surface area contributed by atoms with Crippen LogP contribution in [0.4, 0.5) is 5.69 Å². The summed E-state index contributed by atoms with van der Waals surface area (Å²) in [6, 6.07) is 10.00. The van der Waals surface area contributed by atoms with Crippen LogP contribution in [-0.4, -0.2) is 55.3 Å². The van der Waals surface area contributed by atoms with Crippen LogP contribution in [0.3, 0.4) is 0 Å². The smallest absolute Gasteiger partial charge is 0.238 e. The third kappa shape index (κ3) is 5.53. The minimum absolute atomic E-state index is 0.0420. The van der Waals surface area contributed by atoms with E-state index in [1.54, 1.807) is 41.2 Å². The van der Waals surface area contributed by atoms with Crippen LogP contribution in [0, 0.1) is 0 Å². The number of halogens is 1. The number of primary sulfonamides is 1. The fourth-order valence-electron chi connectivity index (χ4n) is 3.69. The van der Waals surface area contributed by atoms with Crippen LogP contribution >= 0.6 is 11.6 Å². The minimum Gasteiger partial charge on any atom is -0.373 e. The van der Waals surface area contributed by atoms with E-state index in [-0.39, 0.29) is 22.9 Å². The number of nitrogens with zero attached hydrogens (tertiary/aromatic N) is 3. The van der Waals surface area contributed by atoms with Crippen molar-refractivity contribution < 1.29 is 17.9 Å². The van der Waals surface area contributed by atoms with Gasteiger partial charge in [-0.05, 0) is 23.8 Å². The Hall–Kier alpha value is -2.92. The van der Waals surface area contributed by atoms with Crippen LogP contribution < -0.4 is 10.5 Å². The fraction of sp³-hybridized carbons (Fsp3) is 0.273. The van der Waals surface area contributed by atoms with Gasteiger partial charge in [0.25, 0.3) is 0 Å². The number of nitrogens with two attached hydrogens (primary N) is 1. The van der Waals surface area contributed by atoms with Crippen molar-refractivity contribution in [1.29, 1.82) is 0 Å². The zero-order valence-corrected chi connectivity index (χ0v) is 19.4. The monoisotopic (exact) mass is 489 g/mol. The number of sulfonamides is 1. The van der Waals surface area contributed by atoms with Gasteiger partial charge in [0.2, 0.25) is 15.9 Å². The molecule has 2 aromatic carbocycles. The molecule has 33 heavy (non-hydrogen) atoms. The predicted molar refractivity (Wildman–Crippen MR) is 126 cm³/mol. The van der Waals surface area contributed by atoms with E-state index in [9.17, 15) is 13.2 Å². The summed E-state index contributed by atoms with van der Waals surface area (Å²) in [6.45, 7) is 7.04. The molecule has 1 aromatic heterocycles. The number of fused-ring (bicyclic) bond motifs is 1. The van der Waals surface area contributed by atoms with Gasteiger partial charge in [0.15, 0.2) is 0 Å². The van der Waals surface area contributed by atoms with E-state index < -0.39 is 10.0 Å². The van der Waals surface area contributed by atoms with Crippen LogP contribution in [0.5, 0.6) is 0 Å². The molecule has 0 bridgehead atoms. The summed E-state index contributed by atoms with van der Waals surface area (Å²) in [4.78, 5) is 14.6. The van der Waals surface area contributed by atoms with Gasteiger partial charge < -0.3 is 15.0 Å². The SMILES string of the molecule is C=C1COCCN1CCn1cc2c(S(N)(=O)=O)cc(NC(=O)Cc3ccccc3Cl)cc2n1. The first-order valence-electron chi connectivity index (χ1n) is 10.3. The summed E-state index contributed by atoms with van der Waals surface area (Å²) in [5.74, 6) is -0.340. The second kappa shape index (κ2) is 9.52. The van der Waals surface area contributed by atoms with E-state index in [2.05, 4.69) is 21.9 Å². The summed E-state index contributed by atoms with van der Waals surface area (Å²) in [5.41, 5.74) is 2.26. The number of ether oxygens (including phenoxy) is 1. The molecule has 4 rings (SSSR count). The van der Waals surface area contributed by atoms with Gasteiger partial charge in [-0.2, -0.15) is 5.10 Å². The molecule has 3 N–H and O–H groups in total. The molecule has 9 nitrogen and oxygen atoms in total. The first kappa shape index (κ1) is 23.2. The number of hydrogen-bond acceptors (Lipinski definition) is 6. The lowest BCUT2D eigenvalue weighted by Gasteiger charge is -2.30. The normalized spacial score (nSPS) is 14.6. The van der Waals surface area contributed by atoms with Gasteiger partial charge >= 0.3 is 0 Å². The van der Waals surface area contributed by atoms with Crippen LogP contribution in [0.25, 0.3) is 10.9 Å². The topological polar surface area (TPSA) is 120 Å². The number of anilines is 1. The molecular weight excluding hydrogens is 466 g/mol. The van der Waals surface area contributed by atoms with Crippen molar-refractivity contribution in [3.8, 4) is 0 Å². The lowest BCUT2D eigenvalue weighted by molar-refractivity contribution is -0.115. The maximum atomic E-state index is 12.5. The first-order valence-corrected chi connectivity index (χ1v) is 12.2. The van der Waals surface area contributed by atoms with Gasteiger partial charge in [-0.15, -0.1) is 0 Å². The molecule has 1 saturated heterocycles. The molecule has 0 spiro atoms. The summed E-state index contributed by atoms with van der Waals surface area (Å²) in [5, 5.41) is 13.5. The van der Waals surface area contributed by atoms with E-state index in [1.807, 2.05) is 0 Å². The predicted octanol–water partition coefficient (Wildman–Crippen LogP) is 2.36. The molecular formula is C22H24ClN5O4S. The molecule has 174 valence electrons. The Morgan fingerprint density at radius 2 is 2.06 bits per heavy atom. The van der Waals surface area contributed by atoms with Crippen molar-refractivity contribution in [1.82, 2.24) is 14.7 Å². The second-order valence-corrected chi connectivity index (χ2v) is 9.70. The molecule has 1 aliphatic heterocycles. The summed E-state index contributed by atoms with van der Waals surface area (Å²) in [7, 11) is -4.05. The van der Waals surface area contributed by atoms with Crippen molar-refractivity contribution in [2.75, 3.05) is 31.6 Å². The molecule has 11 heteroatoms. The zero-order chi connectivity index (χ0) is 23.6. The number of nitrogens with one attached hydrogen (secondary N) is 1. The molecule has 2 heterocycles. The highest BCUT2D eigenvalue weighted by Gasteiger charge is 2.19. The Balaban J connectivity index is 1.57. The standard InChI is InChI=1S/C22H24ClN5O4S/c1-15-14-32-9-8-27(15)6-7-28-13-18-20(26-28)11-17(12-21(18)33(24,30)31)25-22(29)10-16-4-2-3-5-19(16)23/h2-5,11-13H,1,6-10,14H2,(H,25,29)(H2,24,30,31).